The Kier molecular flexibility index (Phi) is 5.33. The number of ether oxygens (including phenoxy) is 1. The summed E-state index contributed by atoms with van der Waals surface area (Å²) in [6, 6.07) is 4.85. The molecule has 4 rings (SSSR count). The zero-order chi connectivity index (χ0) is 22.6. The normalized spacial score (nSPS) is 27.5. The largest absolute Gasteiger partial charge is 0.497 e. The van der Waals surface area contributed by atoms with Gasteiger partial charge < -0.3 is 15.0 Å². The van der Waals surface area contributed by atoms with Crippen molar-refractivity contribution in [1.29, 1.82) is 0 Å². The summed E-state index contributed by atoms with van der Waals surface area (Å²) >= 11 is 0. The first-order valence-corrected chi connectivity index (χ1v) is 12.2. The lowest BCUT2D eigenvalue weighted by molar-refractivity contribution is -0.146. The minimum Gasteiger partial charge on any atom is -0.497 e. The van der Waals surface area contributed by atoms with Gasteiger partial charge in [0.15, 0.2) is 0 Å². The van der Waals surface area contributed by atoms with E-state index in [9.17, 15) is 18.0 Å². The number of likely N-dealkylation sites (tertiary alicyclic amines) is 1. The molecule has 1 aromatic carbocycles. The third-order valence-electron chi connectivity index (χ3n) is 7.53. The monoisotopic (exact) mass is 449 g/mol. The second-order valence-electron chi connectivity index (χ2n) is 9.68. The molecule has 9 heteroatoms. The summed E-state index contributed by atoms with van der Waals surface area (Å²) in [4.78, 5) is 26.7. The highest BCUT2D eigenvalue weighted by Gasteiger charge is 2.51. The third-order valence-corrected chi connectivity index (χ3v) is 9.13. The van der Waals surface area contributed by atoms with Crippen LogP contribution in [0.2, 0.25) is 0 Å². The van der Waals surface area contributed by atoms with Crippen molar-refractivity contribution in [3.8, 4) is 5.75 Å². The van der Waals surface area contributed by atoms with Gasteiger partial charge in [-0.05, 0) is 36.8 Å². The number of nitrogens with one attached hydrogen (secondary N) is 2. The lowest BCUT2D eigenvalue weighted by atomic mass is 9.52. The number of nitrogens with zero attached hydrogens (tertiary/aromatic N) is 1. The lowest BCUT2D eigenvalue weighted by Crippen LogP contribution is -2.62. The van der Waals surface area contributed by atoms with Gasteiger partial charge in [-0.2, -0.15) is 4.72 Å². The molecule has 2 unspecified atom stereocenters. The first-order valence-electron chi connectivity index (χ1n) is 10.8. The van der Waals surface area contributed by atoms with Crippen molar-refractivity contribution in [3.05, 3.63) is 18.2 Å². The van der Waals surface area contributed by atoms with Crippen molar-refractivity contribution in [3.63, 3.8) is 0 Å². The molecule has 0 radical (unpaired) electrons. The summed E-state index contributed by atoms with van der Waals surface area (Å²) in [6.07, 6.45) is 2.15. The van der Waals surface area contributed by atoms with E-state index in [-0.39, 0.29) is 33.8 Å². The Hall–Kier alpha value is -2.13. The number of piperidine rings is 1. The average molecular weight is 450 g/mol. The SMILES string of the molecule is COc1ccc2c(c1)NC1(CCN(C(=O)CC3CC(C(C)=O)C3(C)C)CC1)NS2(=O)=O. The number of ketones is 1. The zero-order valence-electron chi connectivity index (χ0n) is 18.5. The predicted octanol–water partition coefficient (Wildman–Crippen LogP) is 2.36. The van der Waals surface area contributed by atoms with E-state index in [0.29, 0.717) is 43.8 Å². The second-order valence-corrected chi connectivity index (χ2v) is 11.3. The van der Waals surface area contributed by atoms with Gasteiger partial charge in [0.25, 0.3) is 0 Å². The fourth-order valence-electron chi connectivity index (χ4n) is 5.32. The number of anilines is 1. The quantitative estimate of drug-likeness (QED) is 0.731. The first-order chi connectivity index (χ1) is 14.5. The molecule has 3 aliphatic rings. The van der Waals surface area contributed by atoms with Crippen LogP contribution in [0.15, 0.2) is 23.1 Å². The fraction of sp³-hybridized carbons (Fsp3) is 0.636. The molecule has 1 saturated heterocycles. The average Bonchev–Trinajstić information content (AvgIpc) is 2.69. The van der Waals surface area contributed by atoms with Crippen molar-refractivity contribution in [1.82, 2.24) is 9.62 Å². The second kappa shape index (κ2) is 7.48. The minimum atomic E-state index is -3.66. The first kappa shape index (κ1) is 22.1. The highest BCUT2D eigenvalue weighted by Crippen LogP contribution is 2.53. The maximum Gasteiger partial charge on any atom is 0.244 e. The number of benzene rings is 1. The van der Waals surface area contributed by atoms with E-state index in [1.807, 2.05) is 4.90 Å². The number of rotatable bonds is 4. The Bertz CT molecular complexity index is 1010. The Balaban J connectivity index is 1.41. The number of hydrogen-bond donors (Lipinski definition) is 2. The molecular weight excluding hydrogens is 418 g/mol. The minimum absolute atomic E-state index is 0.0350. The molecule has 1 saturated carbocycles. The molecule has 2 N–H and O–H groups in total. The fourth-order valence-corrected chi connectivity index (χ4v) is 6.85. The Labute approximate surface area is 183 Å². The molecule has 2 fully saturated rings. The van der Waals surface area contributed by atoms with Crippen LogP contribution in [-0.4, -0.2) is 50.9 Å². The van der Waals surface area contributed by atoms with Crippen LogP contribution < -0.4 is 14.8 Å². The molecule has 0 aromatic heterocycles. The van der Waals surface area contributed by atoms with E-state index in [2.05, 4.69) is 23.9 Å². The van der Waals surface area contributed by atoms with Gasteiger partial charge in [0.05, 0.1) is 12.8 Å². The number of methoxy groups -OCH3 is 1. The lowest BCUT2D eigenvalue weighted by Gasteiger charge is -2.52. The van der Waals surface area contributed by atoms with Gasteiger partial charge in [-0.1, -0.05) is 13.8 Å². The van der Waals surface area contributed by atoms with Crippen molar-refractivity contribution < 1.29 is 22.7 Å². The van der Waals surface area contributed by atoms with Crippen LogP contribution in [0.4, 0.5) is 5.69 Å². The Morgan fingerprint density at radius 1 is 1.23 bits per heavy atom. The summed E-state index contributed by atoms with van der Waals surface area (Å²) in [7, 11) is -2.12. The number of Topliss-reactive ketones (excluding diaryl/α,β-unsaturated/α-hetero) is 1. The van der Waals surface area contributed by atoms with Gasteiger partial charge >= 0.3 is 0 Å². The molecular formula is C22H31N3O5S. The molecule has 8 nitrogen and oxygen atoms in total. The molecule has 2 atom stereocenters. The van der Waals surface area contributed by atoms with Crippen molar-refractivity contribution >= 4 is 27.4 Å². The topological polar surface area (TPSA) is 105 Å². The number of carbonyl (C=O) groups excluding carboxylic acids is 2. The summed E-state index contributed by atoms with van der Waals surface area (Å²) in [5.74, 6) is 1.10. The van der Waals surface area contributed by atoms with Gasteiger partial charge in [0.2, 0.25) is 15.9 Å². The highest BCUT2D eigenvalue weighted by atomic mass is 32.2. The van der Waals surface area contributed by atoms with E-state index in [0.717, 1.165) is 6.42 Å². The van der Waals surface area contributed by atoms with Gasteiger partial charge in [-0.25, -0.2) is 8.42 Å². The van der Waals surface area contributed by atoms with Crippen LogP contribution in [0.3, 0.4) is 0 Å². The number of amides is 1. The van der Waals surface area contributed by atoms with Crippen molar-refractivity contribution in [2.45, 2.75) is 57.0 Å². The smallest absolute Gasteiger partial charge is 0.244 e. The van der Waals surface area contributed by atoms with Crippen LogP contribution in [0, 0.1) is 17.3 Å². The van der Waals surface area contributed by atoms with E-state index in [1.54, 1.807) is 26.2 Å². The predicted molar refractivity (Wildman–Crippen MR) is 116 cm³/mol. The Morgan fingerprint density at radius 2 is 1.90 bits per heavy atom. The molecule has 1 aromatic rings. The summed E-state index contributed by atoms with van der Waals surface area (Å²) in [5, 5.41) is 3.35. The molecule has 2 aliphatic heterocycles. The number of fused-ring (bicyclic) bond motifs is 1. The molecule has 31 heavy (non-hydrogen) atoms. The van der Waals surface area contributed by atoms with Gasteiger partial charge in [0.1, 0.15) is 22.1 Å². The van der Waals surface area contributed by atoms with Gasteiger partial charge in [0, 0.05) is 44.3 Å². The van der Waals surface area contributed by atoms with Crippen LogP contribution >= 0.6 is 0 Å². The molecule has 0 bridgehead atoms. The molecule has 1 amide bonds. The third kappa shape index (κ3) is 3.82. The van der Waals surface area contributed by atoms with Crippen LogP contribution in [0.5, 0.6) is 5.75 Å². The standard InChI is InChI=1S/C22H31N3O5S/c1-14(26)17-11-15(21(17,2)3)12-20(27)25-9-7-22(8-10-25)23-18-13-16(30-4)5-6-19(18)31(28,29)24-22/h5-6,13,15,17,23-24H,7-12H2,1-4H3. The van der Waals surface area contributed by atoms with Gasteiger partial charge in [-0.15, -0.1) is 0 Å². The van der Waals surface area contributed by atoms with E-state index >= 15 is 0 Å². The van der Waals surface area contributed by atoms with Crippen molar-refractivity contribution in [2.24, 2.45) is 17.3 Å². The van der Waals surface area contributed by atoms with Crippen molar-refractivity contribution in [2.75, 3.05) is 25.5 Å². The number of hydrogen-bond acceptors (Lipinski definition) is 6. The molecule has 170 valence electrons. The zero-order valence-corrected chi connectivity index (χ0v) is 19.3. The maximum atomic E-state index is 12.9. The molecule has 1 spiro atoms. The molecule has 1 aliphatic carbocycles. The summed E-state index contributed by atoms with van der Waals surface area (Å²) in [6.45, 7) is 6.70. The highest BCUT2D eigenvalue weighted by molar-refractivity contribution is 7.89. The Morgan fingerprint density at radius 3 is 2.48 bits per heavy atom. The van der Waals surface area contributed by atoms with Gasteiger partial charge in [-0.3, -0.25) is 9.59 Å². The number of sulfonamides is 1. The van der Waals surface area contributed by atoms with Crippen LogP contribution in [-0.2, 0) is 19.6 Å². The maximum absolute atomic E-state index is 12.9. The number of carbonyl (C=O) groups is 2. The van der Waals surface area contributed by atoms with E-state index in [4.69, 9.17) is 4.74 Å². The summed E-state index contributed by atoms with van der Waals surface area (Å²) in [5.41, 5.74) is -0.448. The summed E-state index contributed by atoms with van der Waals surface area (Å²) < 4.78 is 33.7. The molecule has 2 heterocycles. The van der Waals surface area contributed by atoms with Crippen LogP contribution in [0.1, 0.15) is 46.5 Å². The van der Waals surface area contributed by atoms with E-state index < -0.39 is 15.7 Å². The van der Waals surface area contributed by atoms with Crippen LogP contribution in [0.25, 0.3) is 0 Å². The van der Waals surface area contributed by atoms with E-state index in [1.165, 1.54) is 6.07 Å².